The maximum Gasteiger partial charge on any atom is 0.238 e. The van der Waals surface area contributed by atoms with Gasteiger partial charge < -0.3 is 5.32 Å². The second kappa shape index (κ2) is 7.31. The second-order valence-corrected chi connectivity index (χ2v) is 7.28. The van der Waals surface area contributed by atoms with Gasteiger partial charge >= 0.3 is 0 Å². The largest absolute Gasteiger partial charge is 0.325 e. The van der Waals surface area contributed by atoms with Gasteiger partial charge in [-0.3, -0.25) is 9.69 Å². The predicted molar refractivity (Wildman–Crippen MR) is 94.7 cm³/mol. The summed E-state index contributed by atoms with van der Waals surface area (Å²) in [6.07, 6.45) is 4.36. The number of thioether (sulfide) groups is 1. The third-order valence-electron chi connectivity index (χ3n) is 3.96. The summed E-state index contributed by atoms with van der Waals surface area (Å²) in [5, 5.41) is 5.11. The van der Waals surface area contributed by atoms with Gasteiger partial charge in [-0.05, 0) is 61.4 Å². The van der Waals surface area contributed by atoms with Gasteiger partial charge in [0.2, 0.25) is 5.91 Å². The maximum atomic E-state index is 12.3. The van der Waals surface area contributed by atoms with Crippen LogP contribution >= 0.6 is 23.1 Å². The van der Waals surface area contributed by atoms with Gasteiger partial charge in [0.15, 0.2) is 0 Å². The number of thiophene rings is 1. The Labute approximate surface area is 139 Å². The Kier molecular flexibility index (Phi) is 5.18. The van der Waals surface area contributed by atoms with Gasteiger partial charge in [-0.15, -0.1) is 23.1 Å². The molecule has 22 heavy (non-hydrogen) atoms. The summed E-state index contributed by atoms with van der Waals surface area (Å²) in [5.74, 6) is 0.0698. The molecular weight excluding hydrogens is 312 g/mol. The molecule has 1 N–H and O–H groups in total. The fourth-order valence-electron chi connectivity index (χ4n) is 2.88. The molecule has 2 heterocycles. The van der Waals surface area contributed by atoms with Crippen molar-refractivity contribution in [2.24, 2.45) is 0 Å². The van der Waals surface area contributed by atoms with E-state index in [9.17, 15) is 4.79 Å². The molecule has 1 atom stereocenters. The Hall–Kier alpha value is -1.30. The molecule has 1 aliphatic heterocycles. The summed E-state index contributed by atoms with van der Waals surface area (Å²) in [6.45, 7) is 1.47. The van der Waals surface area contributed by atoms with Crippen molar-refractivity contribution in [2.75, 3.05) is 24.7 Å². The molecule has 116 valence electrons. The Morgan fingerprint density at radius 2 is 2.18 bits per heavy atom. The molecule has 0 spiro atoms. The van der Waals surface area contributed by atoms with Crippen molar-refractivity contribution in [1.29, 1.82) is 0 Å². The molecular formula is C17H20N2OS2. The maximum absolute atomic E-state index is 12.3. The minimum Gasteiger partial charge on any atom is -0.325 e. The highest BCUT2D eigenvalue weighted by molar-refractivity contribution is 7.98. The number of hydrogen-bond donors (Lipinski definition) is 1. The Morgan fingerprint density at radius 1 is 1.36 bits per heavy atom. The SMILES string of the molecule is CSc1ccc(NC(=O)CN2CCC[C@H]2c2cccs2)cc1. The molecule has 3 rings (SSSR count). The summed E-state index contributed by atoms with van der Waals surface area (Å²) < 4.78 is 0. The van der Waals surface area contributed by atoms with Crippen molar-refractivity contribution >= 4 is 34.7 Å². The molecule has 0 aliphatic carbocycles. The zero-order valence-corrected chi connectivity index (χ0v) is 14.3. The van der Waals surface area contributed by atoms with Crippen LogP contribution in [0.5, 0.6) is 0 Å². The first-order chi connectivity index (χ1) is 10.8. The average molecular weight is 332 g/mol. The van der Waals surface area contributed by atoms with Gasteiger partial charge in [-0.2, -0.15) is 0 Å². The number of rotatable bonds is 5. The number of benzene rings is 1. The standard InChI is InChI=1S/C17H20N2OS2/c1-21-14-8-6-13(7-9-14)18-17(20)12-19-10-2-4-15(19)16-5-3-11-22-16/h3,5-9,11,15H,2,4,10,12H2,1H3,(H,18,20)/t15-/m0/s1. The van der Waals surface area contributed by atoms with Gasteiger partial charge in [0.05, 0.1) is 6.54 Å². The van der Waals surface area contributed by atoms with Gasteiger partial charge in [-0.25, -0.2) is 0 Å². The Morgan fingerprint density at radius 3 is 2.86 bits per heavy atom. The molecule has 1 aromatic carbocycles. The van der Waals surface area contributed by atoms with Crippen LogP contribution in [0.2, 0.25) is 0 Å². The first-order valence-corrected chi connectivity index (χ1v) is 9.58. The number of amides is 1. The summed E-state index contributed by atoms with van der Waals surface area (Å²) in [4.78, 5) is 17.1. The molecule has 1 aromatic heterocycles. The van der Waals surface area contributed by atoms with Gasteiger partial charge in [0.25, 0.3) is 0 Å². The average Bonchev–Trinajstić information content (AvgIpc) is 3.18. The molecule has 0 bridgehead atoms. The summed E-state index contributed by atoms with van der Waals surface area (Å²) in [5.41, 5.74) is 0.870. The number of anilines is 1. The third-order valence-corrected chi connectivity index (χ3v) is 5.67. The van der Waals surface area contributed by atoms with E-state index in [1.807, 2.05) is 30.5 Å². The molecule has 5 heteroatoms. The van der Waals surface area contributed by atoms with Crippen LogP contribution < -0.4 is 5.32 Å². The number of carbonyl (C=O) groups is 1. The van der Waals surface area contributed by atoms with E-state index in [2.05, 4.69) is 27.7 Å². The minimum atomic E-state index is 0.0698. The van der Waals surface area contributed by atoms with Crippen LogP contribution in [0.4, 0.5) is 5.69 Å². The lowest BCUT2D eigenvalue weighted by atomic mass is 10.2. The number of nitrogens with one attached hydrogen (secondary N) is 1. The van der Waals surface area contributed by atoms with Crippen LogP contribution in [0.25, 0.3) is 0 Å². The summed E-state index contributed by atoms with van der Waals surface area (Å²) in [7, 11) is 0. The Balaban J connectivity index is 1.58. The number of nitrogens with zero attached hydrogens (tertiary/aromatic N) is 1. The highest BCUT2D eigenvalue weighted by Gasteiger charge is 2.28. The lowest BCUT2D eigenvalue weighted by molar-refractivity contribution is -0.117. The molecule has 1 aliphatic rings. The van der Waals surface area contributed by atoms with E-state index in [1.165, 1.54) is 9.77 Å². The van der Waals surface area contributed by atoms with Crippen molar-refractivity contribution in [3.63, 3.8) is 0 Å². The lowest BCUT2D eigenvalue weighted by Crippen LogP contribution is -2.32. The molecule has 1 amide bonds. The van der Waals surface area contributed by atoms with Gasteiger partial charge in [-0.1, -0.05) is 6.07 Å². The molecule has 2 aromatic rings. The Bertz CT molecular complexity index is 610. The van der Waals surface area contributed by atoms with Crippen LogP contribution in [-0.2, 0) is 4.79 Å². The fraction of sp³-hybridized carbons (Fsp3) is 0.353. The molecule has 1 fully saturated rings. The number of hydrogen-bond acceptors (Lipinski definition) is 4. The lowest BCUT2D eigenvalue weighted by Gasteiger charge is -2.22. The molecule has 0 radical (unpaired) electrons. The minimum absolute atomic E-state index is 0.0698. The molecule has 0 saturated carbocycles. The second-order valence-electron chi connectivity index (χ2n) is 5.42. The molecule has 0 unspecified atom stereocenters. The quantitative estimate of drug-likeness (QED) is 0.831. The van der Waals surface area contributed by atoms with Crippen LogP contribution in [0.15, 0.2) is 46.7 Å². The third kappa shape index (κ3) is 3.72. The first-order valence-electron chi connectivity index (χ1n) is 7.47. The first kappa shape index (κ1) is 15.6. The fourth-order valence-corrected chi connectivity index (χ4v) is 4.18. The van der Waals surface area contributed by atoms with E-state index >= 15 is 0 Å². The highest BCUT2D eigenvalue weighted by Crippen LogP contribution is 2.34. The van der Waals surface area contributed by atoms with Gasteiger partial charge in [0, 0.05) is 21.5 Å². The van der Waals surface area contributed by atoms with E-state index in [0.717, 1.165) is 25.1 Å². The van der Waals surface area contributed by atoms with Crippen molar-refractivity contribution in [1.82, 2.24) is 4.90 Å². The zero-order chi connectivity index (χ0) is 15.4. The van der Waals surface area contributed by atoms with Crippen molar-refractivity contribution in [3.8, 4) is 0 Å². The number of likely N-dealkylation sites (tertiary alicyclic amines) is 1. The van der Waals surface area contributed by atoms with E-state index in [-0.39, 0.29) is 5.91 Å². The van der Waals surface area contributed by atoms with E-state index in [4.69, 9.17) is 0 Å². The van der Waals surface area contributed by atoms with Crippen LogP contribution in [0.3, 0.4) is 0 Å². The van der Waals surface area contributed by atoms with E-state index in [0.29, 0.717) is 12.6 Å². The van der Waals surface area contributed by atoms with Gasteiger partial charge in [0.1, 0.15) is 0 Å². The topological polar surface area (TPSA) is 32.3 Å². The molecule has 1 saturated heterocycles. The summed E-state index contributed by atoms with van der Waals surface area (Å²) in [6, 6.07) is 12.7. The van der Waals surface area contributed by atoms with Crippen LogP contribution in [0.1, 0.15) is 23.8 Å². The highest BCUT2D eigenvalue weighted by atomic mass is 32.2. The van der Waals surface area contributed by atoms with Crippen LogP contribution in [-0.4, -0.2) is 30.2 Å². The molecule has 3 nitrogen and oxygen atoms in total. The van der Waals surface area contributed by atoms with E-state index in [1.54, 1.807) is 23.1 Å². The monoisotopic (exact) mass is 332 g/mol. The predicted octanol–water partition coefficient (Wildman–Crippen LogP) is 4.25. The van der Waals surface area contributed by atoms with E-state index < -0.39 is 0 Å². The van der Waals surface area contributed by atoms with Crippen molar-refractivity contribution in [2.45, 2.75) is 23.8 Å². The van der Waals surface area contributed by atoms with Crippen molar-refractivity contribution in [3.05, 3.63) is 46.7 Å². The number of carbonyl (C=O) groups excluding carboxylic acids is 1. The van der Waals surface area contributed by atoms with Crippen LogP contribution in [0, 0.1) is 0 Å². The summed E-state index contributed by atoms with van der Waals surface area (Å²) >= 11 is 3.48. The zero-order valence-electron chi connectivity index (χ0n) is 12.6. The normalized spacial score (nSPS) is 18.5. The van der Waals surface area contributed by atoms with Crippen molar-refractivity contribution < 1.29 is 4.79 Å². The smallest absolute Gasteiger partial charge is 0.238 e.